The number of hydrogen-bond donors (Lipinski definition) is 1. The van der Waals surface area contributed by atoms with Crippen molar-refractivity contribution in [1.82, 2.24) is 5.32 Å². The number of para-hydroxylation sites is 1. The van der Waals surface area contributed by atoms with E-state index in [2.05, 4.69) is 21.2 Å². The Labute approximate surface area is 197 Å². The Hall–Kier alpha value is -4.04. The molecule has 7 nitrogen and oxygen atoms in total. The van der Waals surface area contributed by atoms with E-state index in [0.29, 0.717) is 16.8 Å². The first-order valence-electron chi connectivity index (χ1n) is 9.88. The molecular formula is C25H17BrN2O5. The largest absolute Gasteiger partial charge is 0.422 e. The maximum Gasteiger partial charge on any atom is 0.343 e. The lowest BCUT2D eigenvalue weighted by molar-refractivity contribution is -0.122. The quantitative estimate of drug-likeness (QED) is 0.241. The molecule has 4 amide bonds. The average Bonchev–Trinajstić information content (AvgIpc) is 2.79. The molecule has 0 aromatic heterocycles. The van der Waals surface area contributed by atoms with Gasteiger partial charge in [-0.25, -0.2) is 14.5 Å². The molecule has 1 aliphatic rings. The predicted molar refractivity (Wildman–Crippen MR) is 126 cm³/mol. The van der Waals surface area contributed by atoms with Gasteiger partial charge in [0.15, 0.2) is 0 Å². The number of nitrogens with one attached hydrogen (secondary N) is 1. The molecule has 8 heteroatoms. The number of carbonyl (C=O) groups excluding carboxylic acids is 4. The minimum Gasteiger partial charge on any atom is -0.422 e. The fourth-order valence-electron chi connectivity index (χ4n) is 3.26. The maximum absolute atomic E-state index is 13.1. The number of nitrogens with zero attached hydrogens (tertiary/aromatic N) is 1. The second kappa shape index (κ2) is 9.22. The van der Waals surface area contributed by atoms with E-state index in [4.69, 9.17) is 4.74 Å². The second-order valence-corrected chi connectivity index (χ2v) is 8.15. The molecular weight excluding hydrogens is 488 g/mol. The smallest absolute Gasteiger partial charge is 0.343 e. The molecule has 1 aliphatic heterocycles. The SMILES string of the molecule is Cc1cccc(C(=O)Oc2ccccc2/C=C2/C(=O)NC(=O)N(c3ccc(Br)cc3)C2=O)c1. The van der Waals surface area contributed by atoms with Gasteiger partial charge in [0.2, 0.25) is 0 Å². The van der Waals surface area contributed by atoms with E-state index < -0.39 is 23.8 Å². The third-order valence-corrected chi connectivity index (χ3v) is 5.39. The van der Waals surface area contributed by atoms with Gasteiger partial charge in [-0.2, -0.15) is 0 Å². The first kappa shape index (κ1) is 22.2. The molecule has 3 aromatic carbocycles. The number of imide groups is 2. The number of hydrogen-bond acceptors (Lipinski definition) is 5. The summed E-state index contributed by atoms with van der Waals surface area (Å²) in [5, 5.41) is 2.18. The van der Waals surface area contributed by atoms with Crippen molar-refractivity contribution in [1.29, 1.82) is 0 Å². The van der Waals surface area contributed by atoms with Gasteiger partial charge in [-0.15, -0.1) is 0 Å². The summed E-state index contributed by atoms with van der Waals surface area (Å²) in [5.41, 5.74) is 1.65. The number of aryl methyl sites for hydroxylation is 1. The highest BCUT2D eigenvalue weighted by Crippen LogP contribution is 2.27. The summed E-state index contributed by atoms with van der Waals surface area (Å²) in [5.74, 6) is -2.02. The molecule has 1 heterocycles. The van der Waals surface area contributed by atoms with E-state index >= 15 is 0 Å². The summed E-state index contributed by atoms with van der Waals surface area (Å²) in [6.07, 6.45) is 1.30. The second-order valence-electron chi connectivity index (χ2n) is 7.23. The summed E-state index contributed by atoms with van der Waals surface area (Å²) < 4.78 is 6.30. The number of esters is 1. The van der Waals surface area contributed by atoms with Gasteiger partial charge < -0.3 is 4.74 Å². The number of ether oxygens (including phenoxy) is 1. The molecule has 0 unspecified atom stereocenters. The number of anilines is 1. The lowest BCUT2D eigenvalue weighted by Gasteiger charge is -2.26. The van der Waals surface area contributed by atoms with Crippen LogP contribution in [0.4, 0.5) is 10.5 Å². The average molecular weight is 505 g/mol. The summed E-state index contributed by atoms with van der Waals surface area (Å²) in [6.45, 7) is 1.86. The first-order chi connectivity index (χ1) is 15.8. The van der Waals surface area contributed by atoms with Crippen molar-refractivity contribution in [2.75, 3.05) is 4.90 Å². The van der Waals surface area contributed by atoms with Crippen molar-refractivity contribution in [3.8, 4) is 5.75 Å². The number of benzene rings is 3. The normalized spacial score (nSPS) is 14.9. The lowest BCUT2D eigenvalue weighted by atomic mass is 10.1. The minimum absolute atomic E-state index is 0.171. The summed E-state index contributed by atoms with van der Waals surface area (Å²) in [4.78, 5) is 51.4. The molecule has 0 bridgehead atoms. The van der Waals surface area contributed by atoms with Crippen molar-refractivity contribution in [3.05, 3.63) is 99.5 Å². The molecule has 4 rings (SSSR count). The van der Waals surface area contributed by atoms with Crippen LogP contribution in [0.3, 0.4) is 0 Å². The number of amides is 4. The van der Waals surface area contributed by atoms with Crippen molar-refractivity contribution >= 4 is 51.5 Å². The standard InChI is InChI=1S/C25H17BrN2O5/c1-15-5-4-7-17(13-15)24(31)33-21-8-3-2-6-16(21)14-20-22(29)27-25(32)28(23(20)30)19-11-9-18(26)10-12-19/h2-14H,1H3,(H,27,29,32)/b20-14-. The Morgan fingerprint density at radius 3 is 2.42 bits per heavy atom. The predicted octanol–water partition coefficient (Wildman–Crippen LogP) is 4.64. The van der Waals surface area contributed by atoms with Crippen molar-refractivity contribution in [2.24, 2.45) is 0 Å². The van der Waals surface area contributed by atoms with E-state index in [1.807, 2.05) is 13.0 Å². The zero-order chi connectivity index (χ0) is 23.5. The number of urea groups is 1. The molecule has 0 spiro atoms. The number of barbiturate groups is 1. The molecule has 0 saturated carbocycles. The van der Waals surface area contributed by atoms with Gasteiger partial charge in [-0.1, -0.05) is 51.8 Å². The van der Waals surface area contributed by atoms with E-state index in [9.17, 15) is 19.2 Å². The van der Waals surface area contributed by atoms with Crippen LogP contribution in [0.1, 0.15) is 21.5 Å². The van der Waals surface area contributed by atoms with Crippen molar-refractivity contribution in [2.45, 2.75) is 6.92 Å². The van der Waals surface area contributed by atoms with Crippen LogP contribution in [0.5, 0.6) is 5.75 Å². The molecule has 0 atom stereocenters. The molecule has 164 valence electrons. The fourth-order valence-corrected chi connectivity index (χ4v) is 3.53. The van der Waals surface area contributed by atoms with E-state index in [0.717, 1.165) is 14.9 Å². The van der Waals surface area contributed by atoms with Gasteiger partial charge in [-0.3, -0.25) is 14.9 Å². The van der Waals surface area contributed by atoms with Crippen LogP contribution < -0.4 is 15.0 Å². The highest BCUT2D eigenvalue weighted by molar-refractivity contribution is 9.10. The molecule has 1 saturated heterocycles. The van der Waals surface area contributed by atoms with E-state index in [1.54, 1.807) is 66.7 Å². The zero-order valence-corrected chi connectivity index (χ0v) is 19.0. The highest BCUT2D eigenvalue weighted by Gasteiger charge is 2.37. The molecule has 0 radical (unpaired) electrons. The Bertz CT molecular complexity index is 1310. The summed E-state index contributed by atoms with van der Waals surface area (Å²) >= 11 is 3.30. The number of rotatable bonds is 4. The van der Waals surface area contributed by atoms with Gasteiger partial charge in [0, 0.05) is 10.0 Å². The summed E-state index contributed by atoms with van der Waals surface area (Å²) in [7, 11) is 0. The van der Waals surface area contributed by atoms with Crippen LogP contribution in [0, 0.1) is 6.92 Å². The number of carbonyl (C=O) groups is 4. The minimum atomic E-state index is -0.844. The molecule has 1 N–H and O–H groups in total. The molecule has 3 aromatic rings. The summed E-state index contributed by atoms with van der Waals surface area (Å²) in [6, 6.07) is 19.1. The topological polar surface area (TPSA) is 92.8 Å². The fraction of sp³-hybridized carbons (Fsp3) is 0.0400. The zero-order valence-electron chi connectivity index (χ0n) is 17.4. The molecule has 33 heavy (non-hydrogen) atoms. The third kappa shape index (κ3) is 4.75. The Morgan fingerprint density at radius 1 is 0.970 bits per heavy atom. The van der Waals surface area contributed by atoms with Gasteiger partial charge in [-0.05, 0) is 55.5 Å². The Kier molecular flexibility index (Phi) is 6.19. The van der Waals surface area contributed by atoms with Crippen molar-refractivity contribution < 1.29 is 23.9 Å². The van der Waals surface area contributed by atoms with Crippen LogP contribution in [-0.2, 0) is 9.59 Å². The van der Waals surface area contributed by atoms with Gasteiger partial charge in [0.1, 0.15) is 11.3 Å². The van der Waals surface area contributed by atoms with Crippen LogP contribution in [0.25, 0.3) is 6.08 Å². The lowest BCUT2D eigenvalue weighted by Crippen LogP contribution is -2.54. The maximum atomic E-state index is 13.1. The molecule has 1 fully saturated rings. The molecule has 0 aliphatic carbocycles. The third-order valence-electron chi connectivity index (χ3n) is 4.86. The number of halogens is 1. The van der Waals surface area contributed by atoms with Gasteiger partial charge >= 0.3 is 12.0 Å². The van der Waals surface area contributed by atoms with Crippen LogP contribution in [0.15, 0.2) is 82.8 Å². The first-order valence-corrected chi connectivity index (χ1v) is 10.7. The van der Waals surface area contributed by atoms with Crippen LogP contribution in [0.2, 0.25) is 0 Å². The van der Waals surface area contributed by atoms with Crippen LogP contribution >= 0.6 is 15.9 Å². The van der Waals surface area contributed by atoms with Crippen LogP contribution in [-0.4, -0.2) is 23.8 Å². The van der Waals surface area contributed by atoms with E-state index in [-0.39, 0.29) is 11.3 Å². The Morgan fingerprint density at radius 2 is 1.70 bits per heavy atom. The Balaban J connectivity index is 1.67. The van der Waals surface area contributed by atoms with Gasteiger partial charge in [0.05, 0.1) is 11.3 Å². The van der Waals surface area contributed by atoms with E-state index in [1.165, 1.54) is 6.08 Å². The van der Waals surface area contributed by atoms with Gasteiger partial charge in [0.25, 0.3) is 11.8 Å². The monoisotopic (exact) mass is 504 g/mol. The van der Waals surface area contributed by atoms with Crippen molar-refractivity contribution in [3.63, 3.8) is 0 Å². The highest BCUT2D eigenvalue weighted by atomic mass is 79.9.